The normalized spacial score (nSPS) is 16.8. The van der Waals surface area contributed by atoms with Gasteiger partial charge in [0.1, 0.15) is 17.5 Å². The van der Waals surface area contributed by atoms with E-state index in [2.05, 4.69) is 0 Å². The van der Waals surface area contributed by atoms with Crippen LogP contribution in [0.3, 0.4) is 0 Å². The summed E-state index contributed by atoms with van der Waals surface area (Å²) in [5.74, 6) is 0. The molecular weight excluding hydrogens is 264 g/mol. The van der Waals surface area contributed by atoms with Crippen molar-refractivity contribution in [2.75, 3.05) is 0 Å². The quantitative estimate of drug-likeness (QED) is 0.545. The van der Waals surface area contributed by atoms with Gasteiger partial charge in [-0.3, -0.25) is 0 Å². The van der Waals surface area contributed by atoms with E-state index in [1.54, 1.807) is 24.4 Å². The lowest BCUT2D eigenvalue weighted by molar-refractivity contribution is -0.710. The van der Waals surface area contributed by atoms with E-state index in [4.69, 9.17) is 0 Å². The second-order valence-electron chi connectivity index (χ2n) is 5.04. The maximum Gasteiger partial charge on any atom is 0.230 e. The van der Waals surface area contributed by atoms with E-state index in [-0.39, 0.29) is 5.06 Å². The van der Waals surface area contributed by atoms with E-state index in [1.165, 1.54) is 0 Å². The Morgan fingerprint density at radius 1 is 0.857 bits per heavy atom. The molecule has 1 aromatic heterocycles. The molecule has 1 unspecified atom stereocenters. The Hall–Kier alpha value is -2.69. The van der Waals surface area contributed by atoms with E-state index < -0.39 is 0 Å². The van der Waals surface area contributed by atoms with Crippen molar-refractivity contribution in [3.05, 3.63) is 88.5 Å². The fraction of sp³-hybridized carbons (Fsp3) is 0. The second kappa shape index (κ2) is 4.41. The van der Waals surface area contributed by atoms with Crippen LogP contribution in [0.5, 0.6) is 0 Å². The van der Waals surface area contributed by atoms with Crippen LogP contribution in [0, 0.1) is 10.4 Å². The molecule has 102 valence electrons. The Morgan fingerprint density at radius 2 is 1.62 bits per heavy atom. The summed E-state index contributed by atoms with van der Waals surface area (Å²) in [4.78, 5) is 0. The van der Waals surface area contributed by atoms with Gasteiger partial charge in [0, 0.05) is 23.6 Å². The number of fused-ring (bicyclic) bond motifs is 2. The number of quaternary nitrogens is 1. The van der Waals surface area contributed by atoms with Crippen molar-refractivity contribution in [1.29, 1.82) is 0 Å². The van der Waals surface area contributed by atoms with Crippen molar-refractivity contribution < 1.29 is 9.79 Å². The third-order valence-corrected chi connectivity index (χ3v) is 3.83. The average Bonchev–Trinajstić information content (AvgIpc) is 2.86. The van der Waals surface area contributed by atoms with Crippen molar-refractivity contribution in [2.45, 2.75) is 0 Å². The van der Waals surface area contributed by atoms with Gasteiger partial charge in [0.15, 0.2) is 0 Å². The SMILES string of the molecule is [O-][n+]1c(C2=C[NH+]([O-])c3ccccc32)ccc2ccccc21. The maximum atomic E-state index is 12.6. The standard InChI is InChI=1S/C17H12N2O2/c20-18-11-14(13-6-2-4-8-16(13)18)17-10-9-12-5-1-3-7-15(12)19(17)21/h1-11,18H. The molecule has 0 aliphatic carbocycles. The first kappa shape index (κ1) is 12.1. The third kappa shape index (κ3) is 1.74. The van der Waals surface area contributed by atoms with Gasteiger partial charge < -0.3 is 15.5 Å². The van der Waals surface area contributed by atoms with Gasteiger partial charge >= 0.3 is 0 Å². The van der Waals surface area contributed by atoms with E-state index in [9.17, 15) is 10.4 Å². The van der Waals surface area contributed by atoms with Crippen molar-refractivity contribution in [3.63, 3.8) is 0 Å². The van der Waals surface area contributed by atoms with Gasteiger partial charge in [-0.15, -0.1) is 0 Å². The van der Waals surface area contributed by atoms with Crippen LogP contribution in [0.15, 0.2) is 66.9 Å². The summed E-state index contributed by atoms with van der Waals surface area (Å²) in [6, 6.07) is 18.5. The Morgan fingerprint density at radius 3 is 2.52 bits per heavy atom. The van der Waals surface area contributed by atoms with E-state index >= 15 is 0 Å². The molecule has 0 bridgehead atoms. The summed E-state index contributed by atoms with van der Waals surface area (Å²) in [6.45, 7) is 0. The van der Waals surface area contributed by atoms with Crippen molar-refractivity contribution in [1.82, 2.24) is 0 Å². The molecule has 1 N–H and O–H groups in total. The second-order valence-corrected chi connectivity index (χ2v) is 5.04. The lowest BCUT2D eigenvalue weighted by atomic mass is 10.0. The zero-order valence-electron chi connectivity index (χ0n) is 11.1. The Bertz CT molecular complexity index is 887. The first-order valence-electron chi connectivity index (χ1n) is 6.73. The molecule has 1 aliphatic heterocycles. The average molecular weight is 276 g/mol. The van der Waals surface area contributed by atoms with Gasteiger partial charge in [-0.05, 0) is 18.2 Å². The van der Waals surface area contributed by atoms with Crippen molar-refractivity contribution in [2.24, 2.45) is 0 Å². The number of pyridine rings is 1. The maximum absolute atomic E-state index is 12.6. The number of rotatable bonds is 1. The van der Waals surface area contributed by atoms with E-state index in [1.807, 2.05) is 42.5 Å². The fourth-order valence-electron chi connectivity index (χ4n) is 2.81. The van der Waals surface area contributed by atoms with Crippen LogP contribution in [0.2, 0.25) is 0 Å². The van der Waals surface area contributed by atoms with Gasteiger partial charge in [-0.25, -0.2) is 0 Å². The molecule has 0 spiro atoms. The van der Waals surface area contributed by atoms with Crippen molar-refractivity contribution in [3.8, 4) is 0 Å². The van der Waals surface area contributed by atoms with Crippen LogP contribution in [-0.4, -0.2) is 0 Å². The highest BCUT2D eigenvalue weighted by molar-refractivity contribution is 5.85. The summed E-state index contributed by atoms with van der Waals surface area (Å²) in [5, 5.41) is 25.5. The number of nitrogens with one attached hydrogen (secondary N) is 1. The Balaban J connectivity index is 1.96. The van der Waals surface area contributed by atoms with Gasteiger partial charge in [0.2, 0.25) is 11.2 Å². The molecule has 0 fully saturated rings. The monoisotopic (exact) mass is 276 g/mol. The molecule has 1 atom stereocenters. The number of aromatic nitrogens is 1. The molecule has 2 aromatic carbocycles. The fourth-order valence-corrected chi connectivity index (χ4v) is 2.81. The first-order valence-corrected chi connectivity index (χ1v) is 6.73. The smallest absolute Gasteiger partial charge is 0.230 e. The Kier molecular flexibility index (Phi) is 2.54. The molecule has 21 heavy (non-hydrogen) atoms. The van der Waals surface area contributed by atoms with Crippen LogP contribution in [-0.2, 0) is 0 Å². The first-order chi connectivity index (χ1) is 10.3. The topological polar surface area (TPSA) is 54.4 Å². The summed E-state index contributed by atoms with van der Waals surface area (Å²) in [6.07, 6.45) is 1.54. The highest BCUT2D eigenvalue weighted by Crippen LogP contribution is 2.29. The number of para-hydroxylation sites is 2. The van der Waals surface area contributed by atoms with Gasteiger partial charge in [0.05, 0.1) is 5.56 Å². The minimum atomic E-state index is -0.0474. The molecule has 0 saturated carbocycles. The predicted octanol–water partition coefficient (Wildman–Crippen LogP) is 1.89. The summed E-state index contributed by atoms with van der Waals surface area (Å²) in [7, 11) is 0. The van der Waals surface area contributed by atoms with E-state index in [0.29, 0.717) is 22.5 Å². The molecule has 1 aliphatic rings. The minimum Gasteiger partial charge on any atom is -0.624 e. The van der Waals surface area contributed by atoms with Crippen LogP contribution in [0.25, 0.3) is 16.5 Å². The lowest BCUT2D eigenvalue weighted by Gasteiger charge is -2.11. The molecule has 0 radical (unpaired) electrons. The van der Waals surface area contributed by atoms with E-state index in [0.717, 1.165) is 15.7 Å². The minimum absolute atomic E-state index is 0.0474. The van der Waals surface area contributed by atoms with Gasteiger partial charge in [0.25, 0.3) is 0 Å². The number of benzene rings is 2. The summed E-state index contributed by atoms with van der Waals surface area (Å²) in [5.41, 5.74) is 3.28. The Labute approximate surface area is 121 Å². The molecular formula is C17H12N2O2. The molecule has 4 nitrogen and oxygen atoms in total. The summed E-state index contributed by atoms with van der Waals surface area (Å²) >= 11 is 0. The molecule has 0 saturated heterocycles. The zero-order chi connectivity index (χ0) is 14.4. The molecule has 4 rings (SSSR count). The molecule has 2 heterocycles. The highest BCUT2D eigenvalue weighted by atomic mass is 16.5. The zero-order valence-corrected chi connectivity index (χ0v) is 11.1. The molecule has 4 heteroatoms. The molecule has 0 amide bonds. The van der Waals surface area contributed by atoms with Crippen LogP contribution >= 0.6 is 0 Å². The van der Waals surface area contributed by atoms with Gasteiger partial charge in [-0.1, -0.05) is 24.3 Å². The van der Waals surface area contributed by atoms with Crippen LogP contribution in [0.4, 0.5) is 5.69 Å². The number of nitrogens with zero attached hydrogens (tertiary/aromatic N) is 1. The number of hydrogen-bond donors (Lipinski definition) is 1. The van der Waals surface area contributed by atoms with Crippen LogP contribution in [0.1, 0.15) is 11.3 Å². The van der Waals surface area contributed by atoms with Crippen molar-refractivity contribution >= 4 is 22.2 Å². The predicted molar refractivity (Wildman–Crippen MR) is 80.4 cm³/mol. The molecule has 3 aromatic rings. The number of hydrogen-bond acceptors (Lipinski definition) is 2. The van der Waals surface area contributed by atoms with Crippen LogP contribution < -0.4 is 9.79 Å². The largest absolute Gasteiger partial charge is 0.624 e. The third-order valence-electron chi connectivity index (χ3n) is 3.83. The van der Waals surface area contributed by atoms with Gasteiger partial charge in [-0.2, -0.15) is 4.73 Å². The highest BCUT2D eigenvalue weighted by Gasteiger charge is 2.27. The summed E-state index contributed by atoms with van der Waals surface area (Å²) < 4.78 is 0.899. The lowest BCUT2D eigenvalue weighted by Crippen LogP contribution is -2.95. The number of hydroxylamine groups is 1.